The number of aliphatic hydroxyl groups is 1. The van der Waals surface area contributed by atoms with Crippen molar-refractivity contribution in [3.05, 3.63) is 40.7 Å². The predicted molar refractivity (Wildman–Crippen MR) is 69.2 cm³/mol. The Kier molecular flexibility index (Phi) is 3.50. The molecule has 1 heterocycles. The average molecular weight is 251 g/mol. The molecule has 3 nitrogen and oxygen atoms in total. The summed E-state index contributed by atoms with van der Waals surface area (Å²) in [6.07, 6.45) is 0.485. The van der Waals surface area contributed by atoms with E-state index >= 15 is 0 Å². The highest BCUT2D eigenvalue weighted by atomic mass is 35.5. The molecule has 1 aromatic heterocycles. The molecule has 90 valence electrons. The maximum Gasteiger partial charge on any atom is 0.141 e. The maximum atomic E-state index is 8.94. The molecule has 0 unspecified atom stereocenters. The standard InChI is InChI=1S/C13H15ClN2O/c1-9-3-5-10(6-4-9)13-15-11(7-8-17)12(14)16(13)2/h3-6,17H,7-8H2,1-2H3. The van der Waals surface area contributed by atoms with Gasteiger partial charge in [-0.1, -0.05) is 41.4 Å². The molecule has 0 aliphatic heterocycles. The smallest absolute Gasteiger partial charge is 0.141 e. The molecule has 0 radical (unpaired) electrons. The minimum absolute atomic E-state index is 0.0596. The molecule has 0 amide bonds. The van der Waals surface area contributed by atoms with Crippen molar-refractivity contribution in [1.29, 1.82) is 0 Å². The number of imidazole rings is 1. The van der Waals surface area contributed by atoms with Gasteiger partial charge in [0.05, 0.1) is 5.69 Å². The van der Waals surface area contributed by atoms with Crippen LogP contribution in [0.3, 0.4) is 0 Å². The van der Waals surface area contributed by atoms with E-state index in [9.17, 15) is 0 Å². The summed E-state index contributed by atoms with van der Waals surface area (Å²) in [5.41, 5.74) is 2.99. The zero-order valence-electron chi connectivity index (χ0n) is 9.94. The average Bonchev–Trinajstić information content (AvgIpc) is 2.59. The van der Waals surface area contributed by atoms with Gasteiger partial charge in [-0.3, -0.25) is 0 Å². The van der Waals surface area contributed by atoms with E-state index in [0.29, 0.717) is 11.6 Å². The van der Waals surface area contributed by atoms with E-state index in [1.165, 1.54) is 5.56 Å². The van der Waals surface area contributed by atoms with Crippen LogP contribution in [-0.2, 0) is 13.5 Å². The van der Waals surface area contributed by atoms with Gasteiger partial charge in [0, 0.05) is 25.6 Å². The summed E-state index contributed by atoms with van der Waals surface area (Å²) in [6.45, 7) is 2.11. The second-order valence-electron chi connectivity index (χ2n) is 4.07. The van der Waals surface area contributed by atoms with Crippen LogP contribution in [-0.4, -0.2) is 21.3 Å². The van der Waals surface area contributed by atoms with Gasteiger partial charge in [-0.2, -0.15) is 0 Å². The largest absolute Gasteiger partial charge is 0.396 e. The highest BCUT2D eigenvalue weighted by Gasteiger charge is 2.13. The molecular weight excluding hydrogens is 236 g/mol. The first kappa shape index (κ1) is 12.1. The molecule has 17 heavy (non-hydrogen) atoms. The summed E-state index contributed by atoms with van der Waals surface area (Å²) in [6, 6.07) is 8.14. The summed E-state index contributed by atoms with van der Waals surface area (Å²) < 4.78 is 1.84. The number of hydrogen-bond acceptors (Lipinski definition) is 2. The van der Waals surface area contributed by atoms with Crippen LogP contribution in [0.25, 0.3) is 11.4 Å². The summed E-state index contributed by atoms with van der Waals surface area (Å²) in [7, 11) is 1.88. The van der Waals surface area contributed by atoms with Crippen molar-refractivity contribution in [2.24, 2.45) is 7.05 Å². The van der Waals surface area contributed by atoms with Gasteiger partial charge in [0.15, 0.2) is 0 Å². The fourth-order valence-electron chi connectivity index (χ4n) is 1.76. The molecule has 0 aliphatic rings. The van der Waals surface area contributed by atoms with Crippen LogP contribution in [0.4, 0.5) is 0 Å². The van der Waals surface area contributed by atoms with Gasteiger partial charge in [0.2, 0.25) is 0 Å². The van der Waals surface area contributed by atoms with Crippen LogP contribution in [0, 0.1) is 6.92 Å². The second-order valence-corrected chi connectivity index (χ2v) is 4.43. The highest BCUT2D eigenvalue weighted by Crippen LogP contribution is 2.25. The number of aliphatic hydroxyl groups excluding tert-OH is 1. The third-order valence-electron chi connectivity index (χ3n) is 2.75. The lowest BCUT2D eigenvalue weighted by molar-refractivity contribution is 0.298. The zero-order chi connectivity index (χ0) is 12.4. The minimum Gasteiger partial charge on any atom is -0.396 e. The van der Waals surface area contributed by atoms with Crippen LogP contribution in [0.15, 0.2) is 24.3 Å². The lowest BCUT2D eigenvalue weighted by Crippen LogP contribution is -1.93. The molecule has 0 fully saturated rings. The van der Waals surface area contributed by atoms with Gasteiger partial charge < -0.3 is 9.67 Å². The third-order valence-corrected chi connectivity index (χ3v) is 3.22. The van der Waals surface area contributed by atoms with E-state index in [1.54, 1.807) is 0 Å². The van der Waals surface area contributed by atoms with Crippen molar-refractivity contribution in [1.82, 2.24) is 9.55 Å². The van der Waals surface area contributed by atoms with Crippen molar-refractivity contribution in [2.75, 3.05) is 6.61 Å². The Morgan fingerprint density at radius 3 is 2.53 bits per heavy atom. The van der Waals surface area contributed by atoms with E-state index < -0.39 is 0 Å². The number of nitrogens with zero attached hydrogens (tertiary/aromatic N) is 2. The maximum absolute atomic E-state index is 8.94. The molecule has 0 aliphatic carbocycles. The van der Waals surface area contributed by atoms with Gasteiger partial charge in [0.1, 0.15) is 11.0 Å². The lowest BCUT2D eigenvalue weighted by Gasteiger charge is -2.02. The minimum atomic E-state index is 0.0596. The molecule has 0 saturated heterocycles. The van der Waals surface area contributed by atoms with Gasteiger partial charge >= 0.3 is 0 Å². The molecule has 0 spiro atoms. The van der Waals surface area contributed by atoms with Gasteiger partial charge in [0.25, 0.3) is 0 Å². The summed E-state index contributed by atoms with van der Waals surface area (Å²) in [5.74, 6) is 0.832. The fourth-order valence-corrected chi connectivity index (χ4v) is 1.98. The number of benzene rings is 1. The van der Waals surface area contributed by atoms with E-state index in [4.69, 9.17) is 16.7 Å². The van der Waals surface area contributed by atoms with Crippen LogP contribution < -0.4 is 0 Å². The third kappa shape index (κ3) is 2.35. The van der Waals surface area contributed by atoms with Crippen LogP contribution >= 0.6 is 11.6 Å². The normalized spacial score (nSPS) is 10.8. The Balaban J connectivity index is 2.45. The molecule has 4 heteroatoms. The summed E-state index contributed by atoms with van der Waals surface area (Å²) >= 11 is 6.16. The van der Waals surface area contributed by atoms with Crippen molar-refractivity contribution < 1.29 is 5.11 Å². The number of rotatable bonds is 3. The Morgan fingerprint density at radius 1 is 1.29 bits per heavy atom. The Hall–Kier alpha value is -1.32. The first-order chi connectivity index (χ1) is 8.13. The molecule has 0 atom stereocenters. The van der Waals surface area contributed by atoms with Crippen molar-refractivity contribution in [2.45, 2.75) is 13.3 Å². The Labute approximate surface area is 106 Å². The topological polar surface area (TPSA) is 38.1 Å². The van der Waals surface area contributed by atoms with E-state index in [1.807, 2.05) is 42.8 Å². The van der Waals surface area contributed by atoms with Crippen molar-refractivity contribution in [3.8, 4) is 11.4 Å². The summed E-state index contributed by atoms with van der Waals surface area (Å²) in [5, 5.41) is 9.54. The number of aryl methyl sites for hydroxylation is 1. The number of halogens is 1. The van der Waals surface area contributed by atoms with Crippen molar-refractivity contribution >= 4 is 11.6 Å². The molecule has 2 aromatic rings. The molecule has 1 aromatic carbocycles. The Morgan fingerprint density at radius 2 is 1.94 bits per heavy atom. The molecular formula is C13H15ClN2O. The van der Waals surface area contributed by atoms with E-state index in [0.717, 1.165) is 17.1 Å². The van der Waals surface area contributed by atoms with Crippen molar-refractivity contribution in [3.63, 3.8) is 0 Å². The molecule has 1 N–H and O–H groups in total. The number of aromatic nitrogens is 2. The fraction of sp³-hybridized carbons (Fsp3) is 0.308. The van der Waals surface area contributed by atoms with Gasteiger partial charge in [-0.05, 0) is 6.92 Å². The SMILES string of the molecule is Cc1ccc(-c2nc(CCO)c(Cl)n2C)cc1. The predicted octanol–water partition coefficient (Wildman–Crippen LogP) is 2.58. The summed E-state index contributed by atoms with van der Waals surface area (Å²) in [4.78, 5) is 4.47. The zero-order valence-corrected chi connectivity index (χ0v) is 10.7. The quantitative estimate of drug-likeness (QED) is 0.909. The van der Waals surface area contributed by atoms with Gasteiger partial charge in [-0.15, -0.1) is 0 Å². The van der Waals surface area contributed by atoms with E-state index in [-0.39, 0.29) is 6.61 Å². The lowest BCUT2D eigenvalue weighted by atomic mass is 10.1. The van der Waals surface area contributed by atoms with Gasteiger partial charge in [-0.25, -0.2) is 4.98 Å². The van der Waals surface area contributed by atoms with E-state index in [2.05, 4.69) is 4.98 Å². The molecule has 2 rings (SSSR count). The number of hydrogen-bond donors (Lipinski definition) is 1. The monoisotopic (exact) mass is 250 g/mol. The molecule has 0 bridgehead atoms. The second kappa shape index (κ2) is 4.90. The Bertz CT molecular complexity index is 517. The van der Waals surface area contributed by atoms with Crippen LogP contribution in [0.2, 0.25) is 5.15 Å². The highest BCUT2D eigenvalue weighted by molar-refractivity contribution is 6.30. The van der Waals surface area contributed by atoms with Crippen LogP contribution in [0.1, 0.15) is 11.3 Å². The van der Waals surface area contributed by atoms with Crippen LogP contribution in [0.5, 0.6) is 0 Å². The molecule has 0 saturated carbocycles. The first-order valence-corrected chi connectivity index (χ1v) is 5.90. The first-order valence-electron chi connectivity index (χ1n) is 5.52.